The SMILES string of the molecule is COC(=O)C1COc2cnc3cc(NS(=O)(=O)c4ccccc4)ccc3c21. The molecular weight excluding hydrogens is 368 g/mol. The second kappa shape index (κ2) is 6.55. The smallest absolute Gasteiger partial charge is 0.316 e. The van der Waals surface area contributed by atoms with E-state index in [2.05, 4.69) is 9.71 Å². The van der Waals surface area contributed by atoms with Gasteiger partial charge in [-0.2, -0.15) is 0 Å². The number of rotatable bonds is 4. The van der Waals surface area contributed by atoms with E-state index in [0.717, 1.165) is 5.39 Å². The summed E-state index contributed by atoms with van der Waals surface area (Å²) in [5.41, 5.74) is 1.65. The van der Waals surface area contributed by atoms with Gasteiger partial charge in [-0.1, -0.05) is 24.3 Å². The molecule has 0 saturated carbocycles. The van der Waals surface area contributed by atoms with Crippen LogP contribution >= 0.6 is 0 Å². The second-order valence-corrected chi connectivity index (χ2v) is 7.76. The molecule has 1 aliphatic heterocycles. The Hall–Kier alpha value is -3.13. The summed E-state index contributed by atoms with van der Waals surface area (Å²) in [4.78, 5) is 16.5. The largest absolute Gasteiger partial charge is 0.490 e. The van der Waals surface area contributed by atoms with Crippen LogP contribution in [0, 0.1) is 0 Å². The molecule has 1 N–H and O–H groups in total. The number of nitrogens with zero attached hydrogens (tertiary/aromatic N) is 1. The number of esters is 1. The number of anilines is 1. The van der Waals surface area contributed by atoms with E-state index in [1.807, 2.05) is 0 Å². The van der Waals surface area contributed by atoms with Gasteiger partial charge in [0.15, 0.2) is 0 Å². The van der Waals surface area contributed by atoms with Crippen molar-refractivity contribution in [3.05, 3.63) is 60.3 Å². The van der Waals surface area contributed by atoms with Crippen molar-refractivity contribution in [1.82, 2.24) is 4.98 Å². The molecule has 1 aromatic heterocycles. The van der Waals surface area contributed by atoms with E-state index >= 15 is 0 Å². The average molecular weight is 384 g/mol. The molecular formula is C19H16N2O5S. The lowest BCUT2D eigenvalue weighted by atomic mass is 9.97. The Morgan fingerprint density at radius 1 is 1.22 bits per heavy atom. The van der Waals surface area contributed by atoms with Crippen LogP contribution in [0.3, 0.4) is 0 Å². The zero-order valence-corrected chi connectivity index (χ0v) is 15.2. The predicted molar refractivity (Wildman–Crippen MR) is 99.2 cm³/mol. The molecule has 0 bridgehead atoms. The molecule has 1 unspecified atom stereocenters. The van der Waals surface area contributed by atoms with E-state index in [1.165, 1.54) is 25.4 Å². The second-order valence-electron chi connectivity index (χ2n) is 6.07. The first kappa shape index (κ1) is 17.3. The number of fused-ring (bicyclic) bond motifs is 3. The standard InChI is InChI=1S/C19H16N2O5S/c1-25-19(22)15-11-26-17-10-20-16-9-12(7-8-14(16)18(15)17)21-27(23,24)13-5-3-2-4-6-13/h2-10,15,21H,11H2,1H3. The number of pyridine rings is 1. The summed E-state index contributed by atoms with van der Waals surface area (Å²) in [6, 6.07) is 13.1. The number of hydrogen-bond donors (Lipinski definition) is 1. The number of carbonyl (C=O) groups is 1. The quantitative estimate of drug-likeness (QED) is 0.695. The Morgan fingerprint density at radius 2 is 2.00 bits per heavy atom. The monoisotopic (exact) mass is 384 g/mol. The maximum absolute atomic E-state index is 12.5. The fraction of sp³-hybridized carbons (Fsp3) is 0.158. The number of nitrogens with one attached hydrogen (secondary N) is 1. The van der Waals surface area contributed by atoms with Crippen LogP contribution in [0.4, 0.5) is 5.69 Å². The number of methoxy groups -OCH3 is 1. The molecule has 0 radical (unpaired) electrons. The molecule has 7 nitrogen and oxygen atoms in total. The van der Waals surface area contributed by atoms with E-state index in [0.29, 0.717) is 22.5 Å². The topological polar surface area (TPSA) is 94.6 Å². The maximum atomic E-state index is 12.5. The van der Waals surface area contributed by atoms with E-state index < -0.39 is 15.9 Å². The van der Waals surface area contributed by atoms with Gasteiger partial charge in [0.25, 0.3) is 10.0 Å². The molecule has 0 amide bonds. The number of hydrogen-bond acceptors (Lipinski definition) is 6. The maximum Gasteiger partial charge on any atom is 0.316 e. The Bertz CT molecular complexity index is 1130. The number of benzene rings is 2. The third kappa shape index (κ3) is 3.08. The molecule has 0 spiro atoms. The third-order valence-corrected chi connectivity index (χ3v) is 5.82. The van der Waals surface area contributed by atoms with Crippen molar-refractivity contribution in [3.63, 3.8) is 0 Å². The van der Waals surface area contributed by atoms with Gasteiger partial charge in [-0.15, -0.1) is 0 Å². The summed E-state index contributed by atoms with van der Waals surface area (Å²) in [7, 11) is -2.36. The molecule has 1 aliphatic rings. The highest BCUT2D eigenvalue weighted by atomic mass is 32.2. The number of carbonyl (C=O) groups excluding carboxylic acids is 1. The first-order valence-corrected chi connectivity index (χ1v) is 9.69. The van der Waals surface area contributed by atoms with Gasteiger partial charge in [0.05, 0.1) is 29.4 Å². The van der Waals surface area contributed by atoms with Crippen molar-refractivity contribution in [2.24, 2.45) is 0 Å². The van der Waals surface area contributed by atoms with Crippen LogP contribution in [0.5, 0.6) is 5.75 Å². The number of sulfonamides is 1. The molecule has 2 heterocycles. The van der Waals surface area contributed by atoms with Crippen LogP contribution in [0.25, 0.3) is 10.9 Å². The van der Waals surface area contributed by atoms with Crippen molar-refractivity contribution in [3.8, 4) is 5.75 Å². The first-order chi connectivity index (χ1) is 13.0. The Kier molecular flexibility index (Phi) is 4.19. The van der Waals surface area contributed by atoms with Crippen LogP contribution < -0.4 is 9.46 Å². The lowest BCUT2D eigenvalue weighted by molar-refractivity contribution is -0.142. The normalized spacial score (nSPS) is 15.8. The van der Waals surface area contributed by atoms with Gasteiger partial charge in [-0.05, 0) is 24.3 Å². The minimum atomic E-state index is -3.70. The van der Waals surface area contributed by atoms with Crippen LogP contribution in [-0.4, -0.2) is 33.1 Å². The minimum absolute atomic E-state index is 0.172. The number of aromatic nitrogens is 1. The molecule has 4 rings (SSSR count). The molecule has 2 aromatic carbocycles. The molecule has 0 fully saturated rings. The van der Waals surface area contributed by atoms with Crippen LogP contribution in [0.2, 0.25) is 0 Å². The van der Waals surface area contributed by atoms with E-state index in [-0.39, 0.29) is 17.5 Å². The zero-order valence-electron chi connectivity index (χ0n) is 14.4. The van der Waals surface area contributed by atoms with Gasteiger partial charge < -0.3 is 9.47 Å². The fourth-order valence-electron chi connectivity index (χ4n) is 3.13. The van der Waals surface area contributed by atoms with Gasteiger partial charge in [0.2, 0.25) is 0 Å². The summed E-state index contributed by atoms with van der Waals surface area (Å²) in [6.07, 6.45) is 1.54. The molecule has 0 aliphatic carbocycles. The van der Waals surface area contributed by atoms with Crippen molar-refractivity contribution in [2.45, 2.75) is 10.8 Å². The zero-order chi connectivity index (χ0) is 19.0. The third-order valence-electron chi connectivity index (χ3n) is 4.42. The van der Waals surface area contributed by atoms with Gasteiger partial charge in [0.1, 0.15) is 18.3 Å². The summed E-state index contributed by atoms with van der Waals surface area (Å²) in [5, 5.41) is 0.725. The van der Waals surface area contributed by atoms with Gasteiger partial charge in [-0.25, -0.2) is 8.42 Å². The Balaban J connectivity index is 1.73. The molecule has 27 heavy (non-hydrogen) atoms. The Morgan fingerprint density at radius 3 is 2.74 bits per heavy atom. The summed E-state index contributed by atoms with van der Waals surface area (Å²) in [5.74, 6) is -0.368. The molecule has 138 valence electrons. The van der Waals surface area contributed by atoms with E-state index in [9.17, 15) is 13.2 Å². The molecule has 8 heteroatoms. The predicted octanol–water partition coefficient (Wildman–Crippen LogP) is 2.68. The summed E-state index contributed by atoms with van der Waals surface area (Å²) < 4.78 is 37.9. The fourth-order valence-corrected chi connectivity index (χ4v) is 4.20. The van der Waals surface area contributed by atoms with Gasteiger partial charge in [0, 0.05) is 10.9 Å². The summed E-state index contributed by atoms with van der Waals surface area (Å²) >= 11 is 0. The minimum Gasteiger partial charge on any atom is -0.490 e. The lowest BCUT2D eigenvalue weighted by Crippen LogP contribution is -2.15. The molecule has 3 aromatic rings. The first-order valence-electron chi connectivity index (χ1n) is 8.21. The van der Waals surface area contributed by atoms with Crippen LogP contribution in [-0.2, 0) is 19.6 Å². The Labute approximate surface area is 156 Å². The molecule has 1 atom stereocenters. The lowest BCUT2D eigenvalue weighted by Gasteiger charge is -2.11. The highest BCUT2D eigenvalue weighted by Gasteiger charge is 2.33. The highest BCUT2D eigenvalue weighted by molar-refractivity contribution is 7.92. The van der Waals surface area contributed by atoms with Crippen molar-refractivity contribution >= 4 is 32.6 Å². The summed E-state index contributed by atoms with van der Waals surface area (Å²) in [6.45, 7) is 0.200. The number of ether oxygens (including phenoxy) is 2. The van der Waals surface area contributed by atoms with E-state index in [4.69, 9.17) is 9.47 Å². The van der Waals surface area contributed by atoms with E-state index in [1.54, 1.807) is 36.4 Å². The molecule has 0 saturated heterocycles. The van der Waals surface area contributed by atoms with Gasteiger partial charge in [-0.3, -0.25) is 14.5 Å². The van der Waals surface area contributed by atoms with Crippen molar-refractivity contribution in [2.75, 3.05) is 18.4 Å². The van der Waals surface area contributed by atoms with Crippen LogP contribution in [0.1, 0.15) is 11.5 Å². The van der Waals surface area contributed by atoms with Crippen molar-refractivity contribution in [1.29, 1.82) is 0 Å². The van der Waals surface area contributed by atoms with Crippen molar-refractivity contribution < 1.29 is 22.7 Å². The highest BCUT2D eigenvalue weighted by Crippen LogP contribution is 2.39. The average Bonchev–Trinajstić information content (AvgIpc) is 3.12. The van der Waals surface area contributed by atoms with Gasteiger partial charge >= 0.3 is 5.97 Å². The van der Waals surface area contributed by atoms with Crippen LogP contribution in [0.15, 0.2) is 59.6 Å².